The molecule has 3 aliphatic heterocycles. The van der Waals surface area contributed by atoms with Gasteiger partial charge in [0.25, 0.3) is 11.8 Å². The van der Waals surface area contributed by atoms with E-state index in [0.29, 0.717) is 25.1 Å². The molecule has 3 atom stereocenters. The second kappa shape index (κ2) is 18.4. The molecule has 340 valence electrons. The summed E-state index contributed by atoms with van der Waals surface area (Å²) < 4.78 is 0. The van der Waals surface area contributed by atoms with Crippen LogP contribution in [0.5, 0.6) is 0 Å². The van der Waals surface area contributed by atoms with Gasteiger partial charge in [0.15, 0.2) is 0 Å². The molecule has 4 heterocycles. The van der Waals surface area contributed by atoms with Crippen LogP contribution in [-0.2, 0) is 22.6 Å². The van der Waals surface area contributed by atoms with Gasteiger partial charge in [-0.1, -0.05) is 84.0 Å². The molecule has 2 N–H and O–H groups in total. The highest BCUT2D eigenvalue weighted by Gasteiger charge is 2.53. The zero-order chi connectivity index (χ0) is 45.5. The van der Waals surface area contributed by atoms with Crippen molar-refractivity contribution in [1.82, 2.24) is 30.3 Å². The van der Waals surface area contributed by atoms with Crippen LogP contribution >= 0.6 is 11.3 Å². The Kier molecular flexibility index (Phi) is 13.1. The molecular formula is C52H67N7O4S. The van der Waals surface area contributed by atoms with Crippen LogP contribution in [0.25, 0.3) is 10.4 Å². The monoisotopic (exact) mass is 885 g/mol. The summed E-state index contributed by atoms with van der Waals surface area (Å²) in [5, 5.41) is 6.47. The number of piperazine rings is 1. The molecule has 12 heteroatoms. The van der Waals surface area contributed by atoms with E-state index in [1.165, 1.54) is 5.56 Å². The van der Waals surface area contributed by atoms with Gasteiger partial charge in [0.2, 0.25) is 11.8 Å². The first-order chi connectivity index (χ1) is 30.5. The number of aryl methyl sites for hydroxylation is 2. The molecule has 4 amide bonds. The van der Waals surface area contributed by atoms with E-state index in [9.17, 15) is 19.2 Å². The molecular weight excluding hydrogens is 819 g/mol. The molecule has 8 rings (SSSR count). The summed E-state index contributed by atoms with van der Waals surface area (Å²) >= 11 is 1.61. The third-order valence-electron chi connectivity index (χ3n) is 14.4. The Hall–Kier alpha value is -5.07. The van der Waals surface area contributed by atoms with Gasteiger partial charge in [-0.05, 0) is 116 Å². The van der Waals surface area contributed by atoms with Crippen molar-refractivity contribution in [3.8, 4) is 10.4 Å². The van der Waals surface area contributed by atoms with Crippen molar-refractivity contribution in [2.45, 2.75) is 118 Å². The summed E-state index contributed by atoms with van der Waals surface area (Å²) in [5.74, 6) is -0.553. The topological polar surface area (TPSA) is 118 Å². The van der Waals surface area contributed by atoms with Crippen LogP contribution in [0, 0.1) is 23.7 Å². The van der Waals surface area contributed by atoms with E-state index in [0.717, 1.165) is 96.9 Å². The molecule has 11 nitrogen and oxygen atoms in total. The fraction of sp³-hybridized carbons (Fsp3) is 0.519. The number of fused-ring (bicyclic) bond motifs is 1. The normalized spacial score (nSPS) is 20.5. The molecule has 4 aromatic rings. The molecule has 3 aromatic carbocycles. The summed E-state index contributed by atoms with van der Waals surface area (Å²) in [6.45, 7) is 22.4. The van der Waals surface area contributed by atoms with Gasteiger partial charge in [0.1, 0.15) is 12.1 Å². The molecule has 4 aliphatic rings. The molecule has 0 bridgehead atoms. The number of nitrogens with one attached hydrogen (secondary N) is 2. The summed E-state index contributed by atoms with van der Waals surface area (Å²) in [6.07, 6.45) is 4.44. The zero-order valence-corrected chi connectivity index (χ0v) is 39.9. The molecule has 0 spiro atoms. The number of likely N-dealkylation sites (tertiary alicyclic amines) is 1. The van der Waals surface area contributed by atoms with E-state index in [1.807, 2.05) is 63.5 Å². The van der Waals surface area contributed by atoms with Crippen LogP contribution in [0.15, 0.2) is 72.2 Å². The lowest BCUT2D eigenvalue weighted by Crippen LogP contribution is -2.63. The van der Waals surface area contributed by atoms with Crippen LogP contribution in [-0.4, -0.2) is 101 Å². The highest BCUT2D eigenvalue weighted by Crippen LogP contribution is 2.53. The minimum atomic E-state index is -0.671. The van der Waals surface area contributed by atoms with Crippen molar-refractivity contribution in [2.24, 2.45) is 16.7 Å². The number of thiazole rings is 1. The second-order valence-corrected chi connectivity index (χ2v) is 21.3. The molecule has 2 saturated heterocycles. The van der Waals surface area contributed by atoms with Crippen molar-refractivity contribution in [1.29, 1.82) is 0 Å². The predicted molar refractivity (Wildman–Crippen MR) is 255 cm³/mol. The number of benzene rings is 3. The van der Waals surface area contributed by atoms with E-state index in [4.69, 9.17) is 0 Å². The number of nitrogens with zero attached hydrogens (tertiary/aromatic N) is 5. The third-order valence-corrected chi connectivity index (χ3v) is 15.4. The van der Waals surface area contributed by atoms with Crippen molar-refractivity contribution >= 4 is 40.7 Å². The van der Waals surface area contributed by atoms with Crippen molar-refractivity contribution in [3.05, 3.63) is 106 Å². The molecule has 1 aliphatic carbocycles. The maximum absolute atomic E-state index is 14.5. The minimum absolute atomic E-state index is 0.0103. The highest BCUT2D eigenvalue weighted by atomic mass is 32.1. The van der Waals surface area contributed by atoms with Gasteiger partial charge >= 0.3 is 0 Å². The summed E-state index contributed by atoms with van der Waals surface area (Å²) in [5.41, 5.74) is 9.79. The summed E-state index contributed by atoms with van der Waals surface area (Å²) in [6, 6.07) is 21.2. The number of rotatable bonds is 14. The molecule has 1 saturated carbocycles. The molecule has 0 radical (unpaired) electrons. The van der Waals surface area contributed by atoms with Crippen LogP contribution in [0.4, 0.5) is 5.69 Å². The summed E-state index contributed by atoms with van der Waals surface area (Å²) in [4.78, 5) is 69.3. The first-order valence-corrected chi connectivity index (χ1v) is 24.3. The fourth-order valence-corrected chi connectivity index (χ4v) is 12.2. The first-order valence-electron chi connectivity index (χ1n) is 23.4. The van der Waals surface area contributed by atoms with Gasteiger partial charge < -0.3 is 25.3 Å². The SMILES string of the molecule is Cc1ncsc1-c1ccc([C@H](C)NC(=O)[C@@H]2CCCN2C(=O)[C@@H](C(C)C)N2Cc3ccc(N4CCN(CCCc5ccc(C(=O)NC6C(C)(C)CC6(C)C)cc5)CC4)cc3C2=O)cc1. The van der Waals surface area contributed by atoms with Crippen LogP contribution in [0.3, 0.4) is 0 Å². The molecule has 0 unspecified atom stereocenters. The van der Waals surface area contributed by atoms with E-state index >= 15 is 0 Å². The number of hydrogen-bond acceptors (Lipinski definition) is 8. The minimum Gasteiger partial charge on any atom is -0.369 e. The van der Waals surface area contributed by atoms with Gasteiger partial charge in [-0.25, -0.2) is 4.98 Å². The first kappa shape index (κ1) is 45.5. The van der Waals surface area contributed by atoms with E-state index in [2.05, 4.69) is 89.5 Å². The maximum Gasteiger partial charge on any atom is 0.255 e. The van der Waals surface area contributed by atoms with E-state index < -0.39 is 12.1 Å². The van der Waals surface area contributed by atoms with E-state index in [1.54, 1.807) is 21.1 Å². The average molecular weight is 886 g/mol. The number of anilines is 1. The molecule has 1 aromatic heterocycles. The van der Waals surface area contributed by atoms with Crippen molar-refractivity contribution in [3.63, 3.8) is 0 Å². The second-order valence-electron chi connectivity index (χ2n) is 20.5. The van der Waals surface area contributed by atoms with Crippen LogP contribution in [0.1, 0.15) is 123 Å². The van der Waals surface area contributed by atoms with Gasteiger partial charge in [-0.15, -0.1) is 11.3 Å². The number of aromatic nitrogens is 1. The van der Waals surface area contributed by atoms with E-state index in [-0.39, 0.29) is 52.5 Å². The molecule has 64 heavy (non-hydrogen) atoms. The Morgan fingerprint density at radius 2 is 1.59 bits per heavy atom. The Morgan fingerprint density at radius 3 is 2.23 bits per heavy atom. The lowest BCUT2D eigenvalue weighted by Gasteiger charge is -2.57. The van der Waals surface area contributed by atoms with Gasteiger partial charge in [-0.3, -0.25) is 24.1 Å². The summed E-state index contributed by atoms with van der Waals surface area (Å²) in [7, 11) is 0. The fourth-order valence-electron chi connectivity index (χ4n) is 11.3. The van der Waals surface area contributed by atoms with Crippen molar-refractivity contribution in [2.75, 3.05) is 44.2 Å². The third kappa shape index (κ3) is 9.36. The predicted octanol–water partition coefficient (Wildman–Crippen LogP) is 8.28. The Morgan fingerprint density at radius 1 is 0.891 bits per heavy atom. The maximum atomic E-state index is 14.5. The lowest BCUT2D eigenvalue weighted by molar-refractivity contribution is -0.143. The number of carbonyl (C=O) groups is 4. The highest BCUT2D eigenvalue weighted by molar-refractivity contribution is 7.13. The van der Waals surface area contributed by atoms with Gasteiger partial charge in [0, 0.05) is 62.1 Å². The van der Waals surface area contributed by atoms with Gasteiger partial charge in [0.05, 0.1) is 22.1 Å². The Balaban J connectivity index is 0.815. The smallest absolute Gasteiger partial charge is 0.255 e. The van der Waals surface area contributed by atoms with Gasteiger partial charge in [-0.2, -0.15) is 0 Å². The zero-order valence-electron chi connectivity index (χ0n) is 39.1. The largest absolute Gasteiger partial charge is 0.369 e. The quantitative estimate of drug-likeness (QED) is 0.131. The van der Waals surface area contributed by atoms with Crippen LogP contribution in [0.2, 0.25) is 0 Å². The standard InChI is InChI=1S/C52H67N7O4S/c1-33(2)44(49(63)58-24-10-12-43(58)47(61)54-34(3)37-17-19-38(20-18-37)45-35(4)53-32-64-45)59-30-40-21-22-41(29-42(40)48(59)62)57-27-25-56(26-28-57)23-9-11-36-13-15-39(16-14-36)46(60)55-50-51(5,6)31-52(50,7)8/h13-22,29,32-34,43-44,50H,9-12,23-28,30-31H2,1-8H3,(H,54,61)(H,55,60)/t34-,43-,44+/m0/s1. The number of carbonyl (C=O) groups excluding carboxylic acids is 4. The number of amides is 4. The Labute approximate surface area is 384 Å². The Bertz CT molecular complexity index is 2330. The van der Waals surface area contributed by atoms with Crippen molar-refractivity contribution < 1.29 is 19.2 Å². The number of hydrogen-bond donors (Lipinski definition) is 2. The average Bonchev–Trinajstić information content (AvgIpc) is 4.02. The lowest BCUT2D eigenvalue weighted by atomic mass is 9.52. The molecule has 3 fully saturated rings. The van der Waals surface area contributed by atoms with Crippen LogP contribution < -0.4 is 15.5 Å².